The molecule has 118 valence electrons. The molecule has 1 N–H and O–H groups in total. The van der Waals surface area contributed by atoms with Crippen LogP contribution in [0.5, 0.6) is 0 Å². The highest BCUT2D eigenvalue weighted by Crippen LogP contribution is 2.41. The van der Waals surface area contributed by atoms with Crippen LogP contribution >= 0.6 is 0 Å². The standard InChI is InChI=1S/C16H26FN3O/c1-5-18-14-13(17)12(4)19-15(20-14)16(21-6-2)9-7-11(3)8-10-16/h11H,5-10H2,1-4H3,(H,18,19,20). The molecule has 1 fully saturated rings. The number of anilines is 1. The maximum Gasteiger partial charge on any atom is 0.186 e. The topological polar surface area (TPSA) is 47.0 Å². The molecule has 1 aromatic heterocycles. The molecular weight excluding hydrogens is 269 g/mol. The highest BCUT2D eigenvalue weighted by molar-refractivity contribution is 5.38. The lowest BCUT2D eigenvalue weighted by molar-refractivity contribution is -0.0838. The van der Waals surface area contributed by atoms with Gasteiger partial charge in [0.25, 0.3) is 0 Å². The van der Waals surface area contributed by atoms with Crippen LogP contribution in [0.15, 0.2) is 0 Å². The first-order valence-electron chi connectivity index (χ1n) is 7.94. The van der Waals surface area contributed by atoms with Crippen molar-refractivity contribution in [3.05, 3.63) is 17.3 Å². The van der Waals surface area contributed by atoms with E-state index in [0.29, 0.717) is 30.6 Å². The first-order valence-corrected chi connectivity index (χ1v) is 7.94. The molecule has 0 bridgehead atoms. The summed E-state index contributed by atoms with van der Waals surface area (Å²) in [5.41, 5.74) is -0.0715. The van der Waals surface area contributed by atoms with Gasteiger partial charge in [0.05, 0.1) is 5.69 Å². The summed E-state index contributed by atoms with van der Waals surface area (Å²) in [6.07, 6.45) is 3.99. The Bertz CT molecular complexity index is 485. The fourth-order valence-electron chi connectivity index (χ4n) is 2.98. The van der Waals surface area contributed by atoms with Crippen LogP contribution in [0.25, 0.3) is 0 Å². The lowest BCUT2D eigenvalue weighted by Gasteiger charge is -2.38. The summed E-state index contributed by atoms with van der Waals surface area (Å²) < 4.78 is 20.1. The number of ether oxygens (including phenoxy) is 1. The van der Waals surface area contributed by atoms with E-state index in [1.54, 1.807) is 6.92 Å². The molecule has 1 saturated carbocycles. The third-order valence-electron chi connectivity index (χ3n) is 4.27. The van der Waals surface area contributed by atoms with Crippen LogP contribution in [0.1, 0.15) is 58.0 Å². The van der Waals surface area contributed by atoms with Crippen molar-refractivity contribution in [1.29, 1.82) is 0 Å². The zero-order chi connectivity index (χ0) is 15.5. The van der Waals surface area contributed by atoms with Gasteiger partial charge in [-0.1, -0.05) is 6.92 Å². The van der Waals surface area contributed by atoms with Gasteiger partial charge in [-0.2, -0.15) is 0 Å². The van der Waals surface area contributed by atoms with Crippen molar-refractivity contribution < 1.29 is 9.13 Å². The minimum atomic E-state index is -0.454. The second-order valence-electron chi connectivity index (χ2n) is 5.94. The quantitative estimate of drug-likeness (QED) is 0.897. The summed E-state index contributed by atoms with van der Waals surface area (Å²) in [7, 11) is 0. The van der Waals surface area contributed by atoms with Crippen molar-refractivity contribution in [2.24, 2.45) is 5.92 Å². The number of halogens is 1. The van der Waals surface area contributed by atoms with E-state index in [0.717, 1.165) is 25.7 Å². The van der Waals surface area contributed by atoms with Gasteiger partial charge in [-0.3, -0.25) is 0 Å². The van der Waals surface area contributed by atoms with E-state index in [2.05, 4.69) is 22.2 Å². The summed E-state index contributed by atoms with van der Waals surface area (Å²) >= 11 is 0. The molecule has 5 heteroatoms. The Labute approximate surface area is 126 Å². The molecule has 1 heterocycles. The Kier molecular flexibility index (Phi) is 5.14. The number of hydrogen-bond donors (Lipinski definition) is 1. The zero-order valence-electron chi connectivity index (χ0n) is 13.5. The largest absolute Gasteiger partial charge is 0.368 e. The maximum absolute atomic E-state index is 14.1. The van der Waals surface area contributed by atoms with E-state index < -0.39 is 5.60 Å². The summed E-state index contributed by atoms with van der Waals surface area (Å²) in [6, 6.07) is 0. The number of hydrogen-bond acceptors (Lipinski definition) is 4. The molecule has 21 heavy (non-hydrogen) atoms. The average molecular weight is 295 g/mol. The van der Waals surface area contributed by atoms with Crippen LogP contribution in [-0.2, 0) is 10.3 Å². The van der Waals surface area contributed by atoms with Gasteiger partial charge in [0.1, 0.15) is 5.60 Å². The average Bonchev–Trinajstić information content (AvgIpc) is 2.47. The normalized spacial score (nSPS) is 25.9. The van der Waals surface area contributed by atoms with Crippen LogP contribution in [0.4, 0.5) is 10.2 Å². The molecule has 4 nitrogen and oxygen atoms in total. The number of aromatic nitrogens is 2. The van der Waals surface area contributed by atoms with Crippen molar-refractivity contribution in [3.63, 3.8) is 0 Å². The van der Waals surface area contributed by atoms with E-state index in [1.165, 1.54) is 0 Å². The van der Waals surface area contributed by atoms with Crippen molar-refractivity contribution in [3.8, 4) is 0 Å². The molecule has 0 unspecified atom stereocenters. The maximum atomic E-state index is 14.1. The second kappa shape index (κ2) is 6.69. The summed E-state index contributed by atoms with van der Waals surface area (Å²) in [4.78, 5) is 8.84. The zero-order valence-corrected chi connectivity index (χ0v) is 13.5. The molecule has 2 rings (SSSR count). The van der Waals surface area contributed by atoms with Crippen molar-refractivity contribution in [2.45, 2.75) is 59.0 Å². The molecule has 1 aliphatic rings. The number of aryl methyl sites for hydroxylation is 1. The molecule has 1 aromatic rings. The minimum absolute atomic E-state index is 0.290. The second-order valence-corrected chi connectivity index (χ2v) is 5.94. The van der Waals surface area contributed by atoms with E-state index in [1.807, 2.05) is 13.8 Å². The van der Waals surface area contributed by atoms with Crippen LogP contribution in [0.2, 0.25) is 0 Å². The van der Waals surface area contributed by atoms with Gasteiger partial charge in [0.2, 0.25) is 0 Å². The monoisotopic (exact) mass is 295 g/mol. The molecule has 0 aromatic carbocycles. The summed E-state index contributed by atoms with van der Waals surface area (Å²) in [6.45, 7) is 9.11. The van der Waals surface area contributed by atoms with E-state index in [4.69, 9.17) is 4.74 Å². The highest BCUT2D eigenvalue weighted by atomic mass is 19.1. The molecule has 0 aliphatic heterocycles. The molecule has 0 atom stereocenters. The van der Waals surface area contributed by atoms with E-state index >= 15 is 0 Å². The van der Waals surface area contributed by atoms with Crippen LogP contribution in [-0.4, -0.2) is 23.1 Å². The van der Waals surface area contributed by atoms with E-state index in [9.17, 15) is 4.39 Å². The minimum Gasteiger partial charge on any atom is -0.368 e. The van der Waals surface area contributed by atoms with Gasteiger partial charge in [-0.25, -0.2) is 14.4 Å². The molecule has 1 aliphatic carbocycles. The summed E-state index contributed by atoms with van der Waals surface area (Å²) in [5.74, 6) is 1.26. The lowest BCUT2D eigenvalue weighted by Crippen LogP contribution is -2.36. The van der Waals surface area contributed by atoms with Crippen LogP contribution in [0.3, 0.4) is 0 Å². The van der Waals surface area contributed by atoms with Gasteiger partial charge >= 0.3 is 0 Å². The fraction of sp³-hybridized carbons (Fsp3) is 0.750. The lowest BCUT2D eigenvalue weighted by atomic mass is 9.78. The molecule has 0 radical (unpaired) electrons. The number of nitrogens with one attached hydrogen (secondary N) is 1. The number of rotatable bonds is 5. The summed E-state index contributed by atoms with van der Waals surface area (Å²) in [5, 5.41) is 2.98. The fourth-order valence-corrected chi connectivity index (χ4v) is 2.98. The first-order chi connectivity index (χ1) is 10.0. The van der Waals surface area contributed by atoms with Crippen molar-refractivity contribution in [2.75, 3.05) is 18.5 Å². The van der Waals surface area contributed by atoms with E-state index in [-0.39, 0.29) is 11.6 Å². The Morgan fingerprint density at radius 1 is 1.29 bits per heavy atom. The molecule has 0 saturated heterocycles. The molecular formula is C16H26FN3O. The Morgan fingerprint density at radius 2 is 1.95 bits per heavy atom. The highest BCUT2D eigenvalue weighted by Gasteiger charge is 2.40. The Morgan fingerprint density at radius 3 is 2.52 bits per heavy atom. The number of nitrogens with zero attached hydrogens (tertiary/aromatic N) is 2. The van der Waals surface area contributed by atoms with Crippen LogP contribution < -0.4 is 5.32 Å². The predicted octanol–water partition coefficient (Wildman–Crippen LogP) is 3.80. The van der Waals surface area contributed by atoms with Gasteiger partial charge in [0, 0.05) is 13.2 Å². The molecule has 0 amide bonds. The van der Waals surface area contributed by atoms with Crippen molar-refractivity contribution >= 4 is 5.82 Å². The third-order valence-corrected chi connectivity index (χ3v) is 4.27. The predicted molar refractivity (Wildman–Crippen MR) is 81.8 cm³/mol. The molecule has 0 spiro atoms. The van der Waals surface area contributed by atoms with Crippen LogP contribution in [0, 0.1) is 18.7 Å². The Balaban J connectivity index is 2.40. The van der Waals surface area contributed by atoms with Crippen molar-refractivity contribution in [1.82, 2.24) is 9.97 Å². The van der Waals surface area contributed by atoms with Gasteiger partial charge in [-0.05, 0) is 52.4 Å². The van der Waals surface area contributed by atoms with Gasteiger partial charge in [-0.15, -0.1) is 0 Å². The first kappa shape index (κ1) is 16.1. The van der Waals surface area contributed by atoms with Gasteiger partial charge < -0.3 is 10.1 Å². The smallest absolute Gasteiger partial charge is 0.186 e. The Hall–Kier alpha value is -1.23. The SMILES string of the molecule is CCNc1nc(C2(OCC)CCC(C)CC2)nc(C)c1F. The third kappa shape index (κ3) is 3.34. The van der Waals surface area contributed by atoms with Gasteiger partial charge in [0.15, 0.2) is 17.5 Å².